The van der Waals surface area contributed by atoms with E-state index in [1.165, 1.54) is 6.07 Å². The van der Waals surface area contributed by atoms with Gasteiger partial charge in [0.1, 0.15) is 5.75 Å². The molecule has 0 radical (unpaired) electrons. The fourth-order valence-electron chi connectivity index (χ4n) is 2.02. The van der Waals surface area contributed by atoms with Crippen LogP contribution in [-0.4, -0.2) is 16.8 Å². The van der Waals surface area contributed by atoms with Crippen LogP contribution in [0, 0.1) is 13.8 Å². The van der Waals surface area contributed by atoms with E-state index < -0.39 is 6.61 Å². The molecule has 0 spiro atoms. The highest BCUT2D eigenvalue weighted by atomic mass is 19.3. The Morgan fingerprint density at radius 2 is 2.05 bits per heavy atom. The summed E-state index contributed by atoms with van der Waals surface area (Å²) in [6.45, 7) is 2.96. The number of rotatable bonds is 5. The van der Waals surface area contributed by atoms with Crippen LogP contribution >= 0.6 is 0 Å². The van der Waals surface area contributed by atoms with Gasteiger partial charge in [0.2, 0.25) is 0 Å². The molecule has 108 valence electrons. The topological polar surface area (TPSA) is 49.9 Å². The quantitative estimate of drug-likeness (QED) is 0.876. The normalized spacial score (nSPS) is 12.5. The summed E-state index contributed by atoms with van der Waals surface area (Å²) in [5, 5.41) is 10.3. The number of hydrogen-bond donors (Lipinski definition) is 2. The van der Waals surface area contributed by atoms with E-state index in [4.69, 9.17) is 0 Å². The Balaban J connectivity index is 2.15. The van der Waals surface area contributed by atoms with Crippen LogP contribution in [0.2, 0.25) is 0 Å². The number of hydrogen-bond acceptors (Lipinski definition) is 3. The second-order valence-corrected chi connectivity index (χ2v) is 4.63. The molecule has 0 aliphatic carbocycles. The molecule has 0 bridgehead atoms. The molecule has 2 rings (SSSR count). The molecular weight excluding hydrogens is 264 g/mol. The third-order valence-corrected chi connectivity index (χ3v) is 3.07. The maximum Gasteiger partial charge on any atom is 0.387 e. The molecule has 0 saturated carbocycles. The van der Waals surface area contributed by atoms with Crippen LogP contribution in [0.1, 0.15) is 29.9 Å². The lowest BCUT2D eigenvalue weighted by Gasteiger charge is -2.17. The highest BCUT2D eigenvalue weighted by Gasteiger charge is 2.12. The first-order valence-corrected chi connectivity index (χ1v) is 6.30. The van der Waals surface area contributed by atoms with Crippen molar-refractivity contribution in [2.45, 2.75) is 33.4 Å². The van der Waals surface area contributed by atoms with Crippen molar-refractivity contribution in [2.24, 2.45) is 0 Å². The summed E-state index contributed by atoms with van der Waals surface area (Å²) < 4.78 is 28.8. The van der Waals surface area contributed by atoms with Crippen molar-refractivity contribution in [3.05, 3.63) is 41.2 Å². The lowest BCUT2D eigenvalue weighted by atomic mass is 10.1. The average Bonchev–Trinajstić information content (AvgIpc) is 2.70. The zero-order valence-corrected chi connectivity index (χ0v) is 11.6. The summed E-state index contributed by atoms with van der Waals surface area (Å²) >= 11 is 0. The SMILES string of the molecule is Cc1n[nH]c(C)c1NC(C)c1cccc(OC(F)F)c1. The van der Waals surface area contributed by atoms with E-state index in [1.807, 2.05) is 26.8 Å². The smallest absolute Gasteiger partial charge is 0.387 e. The van der Waals surface area contributed by atoms with Gasteiger partial charge in [0.15, 0.2) is 0 Å². The molecule has 2 N–H and O–H groups in total. The van der Waals surface area contributed by atoms with Gasteiger partial charge in [0, 0.05) is 6.04 Å². The third kappa shape index (κ3) is 3.26. The number of alkyl halides is 2. The molecule has 0 amide bonds. The van der Waals surface area contributed by atoms with Crippen LogP contribution in [0.5, 0.6) is 5.75 Å². The number of aryl methyl sites for hydroxylation is 2. The van der Waals surface area contributed by atoms with E-state index in [-0.39, 0.29) is 11.8 Å². The fraction of sp³-hybridized carbons (Fsp3) is 0.357. The zero-order chi connectivity index (χ0) is 14.7. The van der Waals surface area contributed by atoms with Crippen LogP contribution in [0.15, 0.2) is 24.3 Å². The molecule has 6 heteroatoms. The van der Waals surface area contributed by atoms with Gasteiger partial charge in [-0.2, -0.15) is 13.9 Å². The second kappa shape index (κ2) is 5.90. The molecule has 0 aliphatic rings. The van der Waals surface area contributed by atoms with Gasteiger partial charge in [-0.05, 0) is 38.5 Å². The number of halogens is 2. The largest absolute Gasteiger partial charge is 0.435 e. The maximum atomic E-state index is 12.2. The molecule has 1 aromatic carbocycles. The van der Waals surface area contributed by atoms with Gasteiger partial charge in [0.05, 0.1) is 17.1 Å². The van der Waals surface area contributed by atoms with Crippen molar-refractivity contribution >= 4 is 5.69 Å². The Bertz CT molecular complexity index is 564. The van der Waals surface area contributed by atoms with E-state index in [0.29, 0.717) is 0 Å². The molecule has 1 unspecified atom stereocenters. The van der Waals surface area contributed by atoms with Crippen LogP contribution in [0.4, 0.5) is 14.5 Å². The van der Waals surface area contributed by atoms with Gasteiger partial charge in [-0.1, -0.05) is 12.1 Å². The summed E-state index contributed by atoms with van der Waals surface area (Å²) in [5.41, 5.74) is 3.60. The Labute approximate surface area is 116 Å². The highest BCUT2D eigenvalue weighted by molar-refractivity contribution is 5.53. The standard InChI is InChI=1S/C14H17F2N3O/c1-8(17-13-9(2)18-19-10(13)3)11-5-4-6-12(7-11)20-14(15)16/h4-8,14,17H,1-3H3,(H,18,19). The van der Waals surface area contributed by atoms with Gasteiger partial charge < -0.3 is 10.1 Å². The maximum absolute atomic E-state index is 12.2. The number of nitrogens with zero attached hydrogens (tertiary/aromatic N) is 1. The van der Waals surface area contributed by atoms with Gasteiger partial charge in [-0.15, -0.1) is 0 Å². The molecular formula is C14H17F2N3O. The van der Waals surface area contributed by atoms with Crippen molar-refractivity contribution in [1.82, 2.24) is 10.2 Å². The first-order chi connectivity index (χ1) is 9.47. The Morgan fingerprint density at radius 3 is 2.65 bits per heavy atom. The monoisotopic (exact) mass is 281 g/mol. The first-order valence-electron chi connectivity index (χ1n) is 6.30. The second-order valence-electron chi connectivity index (χ2n) is 4.63. The fourth-order valence-corrected chi connectivity index (χ4v) is 2.02. The minimum atomic E-state index is -2.81. The molecule has 1 atom stereocenters. The number of H-pyrrole nitrogens is 1. The number of nitrogens with one attached hydrogen (secondary N) is 2. The van der Waals surface area contributed by atoms with Crippen LogP contribution in [-0.2, 0) is 0 Å². The lowest BCUT2D eigenvalue weighted by Crippen LogP contribution is -2.09. The molecule has 1 heterocycles. The van der Waals surface area contributed by atoms with E-state index in [1.54, 1.807) is 12.1 Å². The summed E-state index contributed by atoms with van der Waals surface area (Å²) in [4.78, 5) is 0. The minimum Gasteiger partial charge on any atom is -0.435 e. The number of aromatic amines is 1. The summed E-state index contributed by atoms with van der Waals surface area (Å²) in [5.74, 6) is 0.159. The van der Waals surface area contributed by atoms with E-state index >= 15 is 0 Å². The van der Waals surface area contributed by atoms with Gasteiger partial charge in [-0.25, -0.2) is 0 Å². The average molecular weight is 281 g/mol. The number of ether oxygens (including phenoxy) is 1. The molecule has 4 nitrogen and oxygen atoms in total. The van der Waals surface area contributed by atoms with E-state index in [2.05, 4.69) is 20.3 Å². The van der Waals surface area contributed by atoms with Crippen molar-refractivity contribution in [3.8, 4) is 5.75 Å². The van der Waals surface area contributed by atoms with Crippen molar-refractivity contribution in [1.29, 1.82) is 0 Å². The van der Waals surface area contributed by atoms with E-state index in [0.717, 1.165) is 22.6 Å². The molecule has 2 aromatic rings. The summed E-state index contributed by atoms with van der Waals surface area (Å²) in [6, 6.07) is 6.62. The third-order valence-electron chi connectivity index (χ3n) is 3.07. The number of benzene rings is 1. The minimum absolute atomic E-state index is 0.0498. The number of anilines is 1. The summed E-state index contributed by atoms with van der Waals surface area (Å²) in [7, 11) is 0. The lowest BCUT2D eigenvalue weighted by molar-refractivity contribution is -0.0498. The Morgan fingerprint density at radius 1 is 1.30 bits per heavy atom. The van der Waals surface area contributed by atoms with Crippen molar-refractivity contribution in [3.63, 3.8) is 0 Å². The highest BCUT2D eigenvalue weighted by Crippen LogP contribution is 2.26. The van der Waals surface area contributed by atoms with Crippen LogP contribution in [0.25, 0.3) is 0 Å². The van der Waals surface area contributed by atoms with E-state index in [9.17, 15) is 8.78 Å². The zero-order valence-electron chi connectivity index (χ0n) is 11.6. The molecule has 1 aromatic heterocycles. The molecule has 20 heavy (non-hydrogen) atoms. The predicted molar refractivity (Wildman–Crippen MR) is 73.2 cm³/mol. The molecule has 0 aliphatic heterocycles. The van der Waals surface area contributed by atoms with Crippen molar-refractivity contribution < 1.29 is 13.5 Å². The number of aromatic nitrogens is 2. The van der Waals surface area contributed by atoms with Gasteiger partial charge in [0.25, 0.3) is 0 Å². The molecule has 0 saturated heterocycles. The van der Waals surface area contributed by atoms with Gasteiger partial charge in [-0.3, -0.25) is 5.10 Å². The Kier molecular flexibility index (Phi) is 4.22. The first kappa shape index (κ1) is 14.3. The van der Waals surface area contributed by atoms with Gasteiger partial charge >= 0.3 is 6.61 Å². The molecule has 0 fully saturated rings. The Hall–Kier alpha value is -2.11. The van der Waals surface area contributed by atoms with Crippen LogP contribution in [0.3, 0.4) is 0 Å². The van der Waals surface area contributed by atoms with Crippen LogP contribution < -0.4 is 10.1 Å². The van der Waals surface area contributed by atoms with Crippen molar-refractivity contribution in [2.75, 3.05) is 5.32 Å². The predicted octanol–water partition coefficient (Wildman–Crippen LogP) is 3.80. The summed E-state index contributed by atoms with van der Waals surface area (Å²) in [6.07, 6.45) is 0.